The van der Waals surface area contributed by atoms with Gasteiger partial charge in [-0.3, -0.25) is 4.57 Å². The summed E-state index contributed by atoms with van der Waals surface area (Å²) in [5.41, 5.74) is 10.1. The van der Waals surface area contributed by atoms with E-state index in [9.17, 15) is 2.74 Å². The molecule has 0 spiro atoms. The summed E-state index contributed by atoms with van der Waals surface area (Å²) in [6.07, 6.45) is 0. The number of para-hydroxylation sites is 2. The van der Waals surface area contributed by atoms with Crippen LogP contribution in [-0.2, 0) is 0 Å². The first-order chi connectivity index (χ1) is 29.4. The van der Waals surface area contributed by atoms with Gasteiger partial charge in [0, 0.05) is 32.7 Å². The maximum absolute atomic E-state index is 9.26. The lowest BCUT2D eigenvalue weighted by atomic mass is 9.99. The number of furan rings is 1. The molecule has 0 aliphatic rings. The molecule has 262 valence electrons. The topological polar surface area (TPSA) is 56.7 Å². The van der Waals surface area contributed by atoms with E-state index in [2.05, 4.69) is 48.5 Å². The number of hydrogen-bond acceptors (Lipinski definition) is 4. The Bertz CT molecular complexity index is 3460. The molecule has 0 bridgehead atoms. The summed E-state index contributed by atoms with van der Waals surface area (Å²) in [7, 11) is 0. The fourth-order valence-corrected chi connectivity index (χ4v) is 7.62. The molecule has 56 heavy (non-hydrogen) atoms. The standard InChI is InChI=1S/C51H32N4O/c1-3-11-33(12-4-1)35-19-21-37(22-20-35)39-28-30-46-44(31-39)41-15-7-9-17-45(41)55(46)51-53-49(38-25-23-36(24-26-38)34-13-5-2-6-14-34)52-50(54-51)40-27-29-43-42-16-8-10-18-47(42)56-48(43)32-40/h1-32H/i7D,9D,15D,17D. The maximum Gasteiger partial charge on any atom is 0.238 e. The molecule has 0 unspecified atom stereocenters. The average Bonchev–Trinajstić information content (AvgIpc) is 3.86. The third-order valence-corrected chi connectivity index (χ3v) is 10.4. The lowest BCUT2D eigenvalue weighted by molar-refractivity contribution is 0.669. The third kappa shape index (κ3) is 5.45. The molecule has 5 nitrogen and oxygen atoms in total. The second-order valence-electron chi connectivity index (χ2n) is 13.8. The molecule has 0 saturated heterocycles. The van der Waals surface area contributed by atoms with Gasteiger partial charge in [0.1, 0.15) is 11.2 Å². The van der Waals surface area contributed by atoms with Crippen molar-refractivity contribution in [2.45, 2.75) is 0 Å². The first-order valence-corrected chi connectivity index (χ1v) is 18.4. The molecule has 0 fully saturated rings. The van der Waals surface area contributed by atoms with Crippen LogP contribution in [0.1, 0.15) is 5.48 Å². The minimum Gasteiger partial charge on any atom is -0.456 e. The Morgan fingerprint density at radius 2 is 0.911 bits per heavy atom. The van der Waals surface area contributed by atoms with Crippen LogP contribution in [0, 0.1) is 0 Å². The monoisotopic (exact) mass is 720 g/mol. The summed E-state index contributed by atoms with van der Waals surface area (Å²) >= 11 is 0. The molecular formula is C51H32N4O. The number of rotatable bonds is 6. The van der Waals surface area contributed by atoms with Crippen molar-refractivity contribution in [3.63, 3.8) is 0 Å². The summed E-state index contributed by atoms with van der Waals surface area (Å²) in [4.78, 5) is 15.2. The van der Waals surface area contributed by atoms with E-state index in [-0.39, 0.29) is 35.6 Å². The SMILES string of the molecule is [2H]c1c([2H])c([2H])c2c(c1[2H])c1cc(-c3ccc(-c4ccccc4)cc3)ccc1n2-c1nc(-c2ccc(-c3ccccc3)cc2)nc(-c2ccc3c(c2)oc2ccccc23)n1. The van der Waals surface area contributed by atoms with Gasteiger partial charge in [-0.25, -0.2) is 4.98 Å². The van der Waals surface area contributed by atoms with E-state index >= 15 is 0 Å². The highest BCUT2D eigenvalue weighted by Crippen LogP contribution is 2.37. The van der Waals surface area contributed by atoms with Gasteiger partial charge < -0.3 is 4.42 Å². The van der Waals surface area contributed by atoms with E-state index in [1.54, 1.807) is 4.57 Å². The Morgan fingerprint density at radius 3 is 1.62 bits per heavy atom. The zero-order valence-electron chi connectivity index (χ0n) is 33.9. The molecule has 0 amide bonds. The molecule has 3 aromatic heterocycles. The zero-order valence-corrected chi connectivity index (χ0v) is 29.9. The van der Waals surface area contributed by atoms with Gasteiger partial charge in [-0.15, -0.1) is 0 Å². The van der Waals surface area contributed by atoms with Gasteiger partial charge in [-0.05, 0) is 69.8 Å². The molecule has 0 N–H and O–H groups in total. The first-order valence-electron chi connectivity index (χ1n) is 20.4. The van der Waals surface area contributed by atoms with Crippen LogP contribution in [0.4, 0.5) is 0 Å². The maximum atomic E-state index is 9.26. The highest BCUT2D eigenvalue weighted by molar-refractivity contribution is 6.10. The van der Waals surface area contributed by atoms with Crippen molar-refractivity contribution in [1.29, 1.82) is 0 Å². The van der Waals surface area contributed by atoms with Crippen molar-refractivity contribution in [2.24, 2.45) is 0 Å². The molecule has 0 radical (unpaired) electrons. The summed E-state index contributed by atoms with van der Waals surface area (Å²) in [5, 5.41) is 3.03. The number of benzene rings is 8. The molecule has 11 aromatic rings. The van der Waals surface area contributed by atoms with Crippen LogP contribution in [0.3, 0.4) is 0 Å². The lowest BCUT2D eigenvalue weighted by Crippen LogP contribution is -2.06. The van der Waals surface area contributed by atoms with Gasteiger partial charge in [0.15, 0.2) is 11.6 Å². The van der Waals surface area contributed by atoms with E-state index in [0.717, 1.165) is 55.3 Å². The van der Waals surface area contributed by atoms with Crippen molar-refractivity contribution in [3.8, 4) is 62.1 Å². The number of nitrogens with zero attached hydrogens (tertiary/aromatic N) is 4. The highest BCUT2D eigenvalue weighted by Gasteiger charge is 2.19. The number of aromatic nitrogens is 4. The fourth-order valence-electron chi connectivity index (χ4n) is 7.62. The minimum atomic E-state index is -0.338. The predicted octanol–water partition coefficient (Wildman–Crippen LogP) is 13.2. The van der Waals surface area contributed by atoms with Crippen molar-refractivity contribution in [1.82, 2.24) is 19.5 Å². The van der Waals surface area contributed by atoms with Crippen molar-refractivity contribution in [3.05, 3.63) is 194 Å². The molecule has 0 aliphatic heterocycles. The van der Waals surface area contributed by atoms with Crippen LogP contribution >= 0.6 is 0 Å². The summed E-state index contributed by atoms with van der Waals surface area (Å²) < 4.78 is 43.9. The van der Waals surface area contributed by atoms with E-state index in [1.807, 2.05) is 121 Å². The van der Waals surface area contributed by atoms with Crippen molar-refractivity contribution >= 4 is 43.7 Å². The van der Waals surface area contributed by atoms with Crippen LogP contribution in [0.25, 0.3) is 106 Å². The minimum absolute atomic E-state index is 0.132. The summed E-state index contributed by atoms with van der Waals surface area (Å²) in [5.74, 6) is 1.01. The predicted molar refractivity (Wildman–Crippen MR) is 229 cm³/mol. The van der Waals surface area contributed by atoms with Gasteiger partial charge in [0.05, 0.1) is 16.5 Å². The second-order valence-corrected chi connectivity index (χ2v) is 13.8. The normalized spacial score (nSPS) is 12.6. The molecular weight excluding hydrogens is 685 g/mol. The first kappa shape index (κ1) is 27.9. The smallest absolute Gasteiger partial charge is 0.238 e. The molecule has 5 heteroatoms. The van der Waals surface area contributed by atoms with Gasteiger partial charge in [-0.2, -0.15) is 9.97 Å². The fraction of sp³-hybridized carbons (Fsp3) is 0. The van der Waals surface area contributed by atoms with Gasteiger partial charge >= 0.3 is 0 Å². The van der Waals surface area contributed by atoms with E-state index in [1.165, 1.54) is 0 Å². The highest BCUT2D eigenvalue weighted by atomic mass is 16.3. The molecule has 0 saturated carbocycles. The van der Waals surface area contributed by atoms with E-state index in [4.69, 9.17) is 22.1 Å². The molecule has 3 heterocycles. The van der Waals surface area contributed by atoms with E-state index in [0.29, 0.717) is 39.1 Å². The second kappa shape index (κ2) is 13.0. The third-order valence-electron chi connectivity index (χ3n) is 10.4. The van der Waals surface area contributed by atoms with E-state index < -0.39 is 0 Å². The Balaban J connectivity index is 1.13. The largest absolute Gasteiger partial charge is 0.456 e. The van der Waals surface area contributed by atoms with Crippen LogP contribution < -0.4 is 0 Å². The Labute approximate surface area is 328 Å². The quantitative estimate of drug-likeness (QED) is 0.172. The number of fused-ring (bicyclic) bond motifs is 6. The lowest BCUT2D eigenvalue weighted by Gasteiger charge is -2.11. The Morgan fingerprint density at radius 1 is 0.375 bits per heavy atom. The van der Waals surface area contributed by atoms with Crippen LogP contribution in [-0.4, -0.2) is 19.5 Å². The van der Waals surface area contributed by atoms with Crippen molar-refractivity contribution in [2.75, 3.05) is 0 Å². The van der Waals surface area contributed by atoms with Crippen molar-refractivity contribution < 1.29 is 9.90 Å². The van der Waals surface area contributed by atoms with Gasteiger partial charge in [0.25, 0.3) is 0 Å². The van der Waals surface area contributed by atoms with Gasteiger partial charge in [0.2, 0.25) is 5.95 Å². The molecule has 0 aliphatic carbocycles. The van der Waals surface area contributed by atoms with Gasteiger partial charge in [-0.1, -0.05) is 158 Å². The average molecular weight is 721 g/mol. The summed E-state index contributed by atoms with van der Waals surface area (Å²) in [6.45, 7) is 0. The number of hydrogen-bond donors (Lipinski definition) is 0. The van der Waals surface area contributed by atoms with Crippen LogP contribution in [0.15, 0.2) is 198 Å². The molecule has 0 atom stereocenters. The molecule has 11 rings (SSSR count). The Hall–Kier alpha value is -7.63. The van der Waals surface area contributed by atoms with Crippen LogP contribution in [0.2, 0.25) is 0 Å². The Kier molecular flexibility index (Phi) is 6.50. The van der Waals surface area contributed by atoms with Crippen LogP contribution in [0.5, 0.6) is 0 Å². The zero-order chi connectivity index (χ0) is 40.5. The molecule has 8 aromatic carbocycles. The summed E-state index contributed by atoms with van der Waals surface area (Å²) in [6, 6.07) is 55.6.